The Hall–Kier alpha value is -0.740. The molecule has 0 radical (unpaired) electrons. The van der Waals surface area contributed by atoms with E-state index >= 15 is 0 Å². The fourth-order valence-electron chi connectivity index (χ4n) is 1.57. The summed E-state index contributed by atoms with van der Waals surface area (Å²) in [7, 11) is 0. The zero-order valence-electron chi connectivity index (χ0n) is 8.16. The lowest BCUT2D eigenvalue weighted by atomic mass is 10.3. The molecule has 1 aliphatic heterocycles. The molecular formula is C9H14ClN3O. The standard InChI is InChI=1S/C9H14ClN3O/c1-2-13-6-12-8(10)9(13)14-7-3-4-11-5-7/h6-7,11H,2-5H2,1H3. The molecule has 5 heteroatoms. The van der Waals surface area contributed by atoms with Crippen LogP contribution in [-0.4, -0.2) is 28.7 Å². The Labute approximate surface area is 88.2 Å². The van der Waals surface area contributed by atoms with Crippen LogP contribution in [0.4, 0.5) is 0 Å². The first-order chi connectivity index (χ1) is 6.81. The number of imidazole rings is 1. The van der Waals surface area contributed by atoms with Crippen molar-refractivity contribution in [1.29, 1.82) is 0 Å². The predicted molar refractivity (Wildman–Crippen MR) is 54.8 cm³/mol. The third kappa shape index (κ3) is 1.86. The van der Waals surface area contributed by atoms with Crippen LogP contribution in [0.25, 0.3) is 0 Å². The molecule has 0 saturated carbocycles. The predicted octanol–water partition coefficient (Wildman–Crippen LogP) is 1.30. The number of hydrogen-bond acceptors (Lipinski definition) is 3. The Bertz CT molecular complexity index is 307. The number of nitrogens with zero attached hydrogens (tertiary/aromatic N) is 2. The molecule has 78 valence electrons. The zero-order chi connectivity index (χ0) is 9.97. The van der Waals surface area contributed by atoms with Gasteiger partial charge < -0.3 is 14.6 Å². The van der Waals surface area contributed by atoms with E-state index in [1.165, 1.54) is 0 Å². The van der Waals surface area contributed by atoms with Gasteiger partial charge in [-0.1, -0.05) is 11.6 Å². The van der Waals surface area contributed by atoms with Gasteiger partial charge in [-0.3, -0.25) is 0 Å². The molecule has 1 aliphatic rings. The topological polar surface area (TPSA) is 39.1 Å². The molecule has 1 unspecified atom stereocenters. The van der Waals surface area contributed by atoms with Crippen LogP contribution in [0, 0.1) is 0 Å². The summed E-state index contributed by atoms with van der Waals surface area (Å²) < 4.78 is 7.69. The number of aromatic nitrogens is 2. The van der Waals surface area contributed by atoms with E-state index in [0.717, 1.165) is 26.1 Å². The minimum absolute atomic E-state index is 0.231. The van der Waals surface area contributed by atoms with Crippen molar-refractivity contribution in [2.24, 2.45) is 0 Å². The number of hydrogen-bond donors (Lipinski definition) is 1. The van der Waals surface area contributed by atoms with E-state index < -0.39 is 0 Å². The van der Waals surface area contributed by atoms with Crippen molar-refractivity contribution in [2.75, 3.05) is 13.1 Å². The van der Waals surface area contributed by atoms with Crippen LogP contribution in [0.1, 0.15) is 13.3 Å². The highest BCUT2D eigenvalue weighted by Crippen LogP contribution is 2.24. The van der Waals surface area contributed by atoms with Gasteiger partial charge in [-0.15, -0.1) is 0 Å². The van der Waals surface area contributed by atoms with Crippen molar-refractivity contribution in [2.45, 2.75) is 26.0 Å². The van der Waals surface area contributed by atoms with Gasteiger partial charge in [-0.05, 0) is 19.9 Å². The first-order valence-corrected chi connectivity index (χ1v) is 5.27. The second-order valence-electron chi connectivity index (χ2n) is 3.36. The van der Waals surface area contributed by atoms with Crippen molar-refractivity contribution >= 4 is 11.6 Å². The van der Waals surface area contributed by atoms with Crippen molar-refractivity contribution in [3.63, 3.8) is 0 Å². The van der Waals surface area contributed by atoms with Crippen LogP contribution < -0.4 is 10.1 Å². The molecule has 1 aromatic rings. The molecule has 4 nitrogen and oxygen atoms in total. The SMILES string of the molecule is CCn1cnc(Cl)c1OC1CCNC1. The number of nitrogens with one attached hydrogen (secondary N) is 1. The molecule has 1 aromatic heterocycles. The van der Waals surface area contributed by atoms with E-state index in [4.69, 9.17) is 16.3 Å². The van der Waals surface area contributed by atoms with Crippen molar-refractivity contribution in [3.8, 4) is 5.88 Å². The average molecular weight is 216 g/mol. The molecule has 0 aliphatic carbocycles. The highest BCUT2D eigenvalue weighted by molar-refractivity contribution is 6.30. The lowest BCUT2D eigenvalue weighted by Gasteiger charge is -2.13. The summed E-state index contributed by atoms with van der Waals surface area (Å²) in [5.41, 5.74) is 0. The second-order valence-corrected chi connectivity index (χ2v) is 3.72. The maximum atomic E-state index is 5.92. The lowest BCUT2D eigenvalue weighted by Crippen LogP contribution is -2.21. The van der Waals surface area contributed by atoms with E-state index in [0.29, 0.717) is 11.0 Å². The van der Waals surface area contributed by atoms with Crippen molar-refractivity contribution in [3.05, 3.63) is 11.5 Å². The van der Waals surface area contributed by atoms with Gasteiger partial charge in [0, 0.05) is 13.1 Å². The van der Waals surface area contributed by atoms with Crippen LogP contribution in [0.3, 0.4) is 0 Å². The van der Waals surface area contributed by atoms with Gasteiger partial charge in [0.05, 0.1) is 6.33 Å². The van der Waals surface area contributed by atoms with E-state index in [1.807, 2.05) is 11.5 Å². The maximum absolute atomic E-state index is 5.92. The van der Waals surface area contributed by atoms with Crippen LogP contribution in [-0.2, 0) is 6.54 Å². The van der Waals surface area contributed by atoms with E-state index in [-0.39, 0.29) is 6.10 Å². The number of aryl methyl sites for hydroxylation is 1. The highest BCUT2D eigenvalue weighted by Gasteiger charge is 2.19. The lowest BCUT2D eigenvalue weighted by molar-refractivity contribution is 0.205. The Morgan fingerprint density at radius 3 is 3.29 bits per heavy atom. The van der Waals surface area contributed by atoms with E-state index in [9.17, 15) is 0 Å². The van der Waals surface area contributed by atoms with Gasteiger partial charge in [0.1, 0.15) is 6.10 Å². The molecule has 0 spiro atoms. The molecule has 0 bridgehead atoms. The fourth-order valence-corrected chi connectivity index (χ4v) is 1.77. The molecular weight excluding hydrogens is 202 g/mol. The first-order valence-electron chi connectivity index (χ1n) is 4.89. The van der Waals surface area contributed by atoms with Crippen LogP contribution in [0.5, 0.6) is 5.88 Å². The number of halogens is 1. The van der Waals surface area contributed by atoms with E-state index in [2.05, 4.69) is 10.3 Å². The molecule has 0 amide bonds. The summed E-state index contributed by atoms with van der Waals surface area (Å²) in [6.45, 7) is 4.78. The van der Waals surface area contributed by atoms with Gasteiger partial charge in [0.15, 0.2) is 5.15 Å². The zero-order valence-corrected chi connectivity index (χ0v) is 8.92. The summed E-state index contributed by atoms with van der Waals surface area (Å²) in [6, 6.07) is 0. The molecule has 2 rings (SSSR count). The number of ether oxygens (including phenoxy) is 1. The van der Waals surface area contributed by atoms with Gasteiger partial charge in [-0.25, -0.2) is 4.98 Å². The molecule has 0 aromatic carbocycles. The number of rotatable bonds is 3. The monoisotopic (exact) mass is 215 g/mol. The van der Waals surface area contributed by atoms with E-state index in [1.54, 1.807) is 6.33 Å². The van der Waals surface area contributed by atoms with Crippen LogP contribution in [0.2, 0.25) is 5.15 Å². The molecule has 1 saturated heterocycles. The third-order valence-electron chi connectivity index (χ3n) is 2.38. The average Bonchev–Trinajstić information content (AvgIpc) is 2.79. The quantitative estimate of drug-likeness (QED) is 0.826. The Balaban J connectivity index is 2.09. The van der Waals surface area contributed by atoms with Crippen LogP contribution in [0.15, 0.2) is 6.33 Å². The van der Waals surface area contributed by atoms with Crippen LogP contribution >= 0.6 is 11.6 Å². The third-order valence-corrected chi connectivity index (χ3v) is 2.64. The minimum Gasteiger partial charge on any atom is -0.472 e. The van der Waals surface area contributed by atoms with Crippen molar-refractivity contribution < 1.29 is 4.74 Å². The summed E-state index contributed by atoms with van der Waals surface area (Å²) in [6.07, 6.45) is 2.97. The maximum Gasteiger partial charge on any atom is 0.233 e. The smallest absolute Gasteiger partial charge is 0.233 e. The molecule has 1 atom stereocenters. The van der Waals surface area contributed by atoms with Gasteiger partial charge in [-0.2, -0.15) is 0 Å². The molecule has 14 heavy (non-hydrogen) atoms. The Morgan fingerprint density at radius 2 is 2.64 bits per heavy atom. The molecule has 2 heterocycles. The Morgan fingerprint density at radius 1 is 1.79 bits per heavy atom. The van der Waals surface area contributed by atoms with Crippen molar-refractivity contribution in [1.82, 2.24) is 14.9 Å². The highest BCUT2D eigenvalue weighted by atomic mass is 35.5. The van der Waals surface area contributed by atoms with Gasteiger partial charge in [0.2, 0.25) is 5.88 Å². The molecule has 1 N–H and O–H groups in total. The fraction of sp³-hybridized carbons (Fsp3) is 0.667. The summed E-state index contributed by atoms with van der Waals surface area (Å²) >= 11 is 5.92. The largest absolute Gasteiger partial charge is 0.472 e. The first kappa shape index (κ1) is 9.80. The second kappa shape index (κ2) is 4.19. The minimum atomic E-state index is 0.231. The summed E-state index contributed by atoms with van der Waals surface area (Å²) in [5, 5.41) is 3.70. The van der Waals surface area contributed by atoms with Gasteiger partial charge in [0.25, 0.3) is 0 Å². The van der Waals surface area contributed by atoms with Gasteiger partial charge >= 0.3 is 0 Å². The Kier molecular flexibility index (Phi) is 2.93. The summed E-state index contributed by atoms with van der Waals surface area (Å²) in [4.78, 5) is 4.01. The normalized spacial score (nSPS) is 21.4. The summed E-state index contributed by atoms with van der Waals surface area (Å²) in [5.74, 6) is 0.697. The molecule has 1 fully saturated rings.